The van der Waals surface area contributed by atoms with E-state index in [4.69, 9.17) is 5.73 Å². The Morgan fingerprint density at radius 3 is 2.85 bits per heavy atom. The normalized spacial score (nSPS) is 10.9. The Hall–Kier alpha value is -2.90. The highest BCUT2D eigenvalue weighted by Gasteiger charge is 2.11. The number of hydrogen-bond acceptors (Lipinski definition) is 6. The molecular weight excluding hydrogens is 366 g/mol. The number of anilines is 1. The van der Waals surface area contributed by atoms with Crippen molar-refractivity contribution in [1.82, 2.24) is 4.98 Å². The smallest absolute Gasteiger partial charge is 0.252 e. The van der Waals surface area contributed by atoms with Gasteiger partial charge in [0.25, 0.3) is 5.91 Å². The number of aromatic hydroxyl groups is 1. The molecule has 130 valence electrons. The molecule has 4 aromatic rings. The van der Waals surface area contributed by atoms with Crippen LogP contribution in [-0.2, 0) is 6.54 Å². The summed E-state index contributed by atoms with van der Waals surface area (Å²) in [5.41, 5.74) is 6.85. The molecule has 0 saturated carbocycles. The Morgan fingerprint density at radius 1 is 1.19 bits per heavy atom. The van der Waals surface area contributed by atoms with Gasteiger partial charge in [-0.1, -0.05) is 18.2 Å². The highest BCUT2D eigenvalue weighted by Crippen LogP contribution is 2.30. The summed E-state index contributed by atoms with van der Waals surface area (Å²) in [6.45, 7) is 0.703. The number of amides is 1. The van der Waals surface area contributed by atoms with Crippen molar-refractivity contribution >= 4 is 43.8 Å². The van der Waals surface area contributed by atoms with Crippen LogP contribution in [0, 0.1) is 0 Å². The van der Waals surface area contributed by atoms with E-state index >= 15 is 0 Å². The molecule has 0 saturated heterocycles. The monoisotopic (exact) mass is 381 g/mol. The zero-order chi connectivity index (χ0) is 18.1. The van der Waals surface area contributed by atoms with Crippen molar-refractivity contribution in [3.8, 4) is 17.0 Å². The lowest BCUT2D eigenvalue weighted by atomic mass is 10.1. The van der Waals surface area contributed by atoms with Gasteiger partial charge in [0.1, 0.15) is 5.75 Å². The van der Waals surface area contributed by atoms with Crippen LogP contribution in [0.15, 0.2) is 53.9 Å². The van der Waals surface area contributed by atoms with Gasteiger partial charge < -0.3 is 16.2 Å². The number of aromatic nitrogens is 1. The van der Waals surface area contributed by atoms with E-state index in [-0.39, 0.29) is 11.3 Å². The number of phenols is 1. The van der Waals surface area contributed by atoms with Crippen LogP contribution in [0.1, 0.15) is 15.2 Å². The van der Waals surface area contributed by atoms with E-state index in [2.05, 4.69) is 28.5 Å². The molecule has 4 rings (SSSR count). The quantitative estimate of drug-likeness (QED) is 0.477. The minimum Gasteiger partial charge on any atom is -0.507 e. The molecule has 2 aromatic carbocycles. The first-order valence-electron chi connectivity index (χ1n) is 7.90. The van der Waals surface area contributed by atoms with E-state index in [1.165, 1.54) is 32.4 Å². The lowest BCUT2D eigenvalue weighted by Crippen LogP contribution is -2.11. The van der Waals surface area contributed by atoms with E-state index < -0.39 is 5.91 Å². The zero-order valence-electron chi connectivity index (χ0n) is 13.6. The number of thiophene rings is 1. The molecule has 26 heavy (non-hydrogen) atoms. The van der Waals surface area contributed by atoms with Gasteiger partial charge in [-0.2, -0.15) is 0 Å². The second-order valence-electron chi connectivity index (χ2n) is 5.74. The fourth-order valence-electron chi connectivity index (χ4n) is 2.67. The summed E-state index contributed by atoms with van der Waals surface area (Å²) >= 11 is 3.25. The number of primary amides is 1. The second kappa shape index (κ2) is 6.78. The van der Waals surface area contributed by atoms with Crippen molar-refractivity contribution in [2.45, 2.75) is 6.54 Å². The molecular formula is C19H15N3O2S2. The Kier molecular flexibility index (Phi) is 4.32. The average Bonchev–Trinajstić information content (AvgIpc) is 3.26. The van der Waals surface area contributed by atoms with Gasteiger partial charge in [0.15, 0.2) is 5.13 Å². The fourth-order valence-corrected chi connectivity index (χ4v) is 4.39. The minimum atomic E-state index is -0.664. The van der Waals surface area contributed by atoms with Gasteiger partial charge in [0.2, 0.25) is 0 Å². The molecule has 0 unspecified atom stereocenters. The highest BCUT2D eigenvalue weighted by atomic mass is 32.1. The first-order chi connectivity index (χ1) is 12.6. The lowest BCUT2D eigenvalue weighted by Gasteiger charge is -2.03. The number of nitrogens with one attached hydrogen (secondary N) is 1. The molecule has 0 spiro atoms. The first-order valence-corrected chi connectivity index (χ1v) is 9.60. The first kappa shape index (κ1) is 16.6. The van der Waals surface area contributed by atoms with Gasteiger partial charge in [0.05, 0.1) is 17.8 Å². The SMILES string of the molecule is NC(=O)c1cc(-c2csc(NCc3cc4ccccc4s3)n2)ccc1O. The van der Waals surface area contributed by atoms with Crippen LogP contribution in [-0.4, -0.2) is 16.0 Å². The van der Waals surface area contributed by atoms with Crippen LogP contribution in [0.2, 0.25) is 0 Å². The van der Waals surface area contributed by atoms with Gasteiger partial charge in [-0.15, -0.1) is 22.7 Å². The predicted molar refractivity (Wildman–Crippen MR) is 107 cm³/mol. The predicted octanol–water partition coefficient (Wildman–Crippen LogP) is 4.44. The standard InChI is InChI=1S/C19H15N3O2S2/c20-18(24)14-8-11(5-6-16(14)23)15-10-25-19(22-15)21-9-13-7-12-3-1-2-4-17(12)26-13/h1-8,10,23H,9H2,(H2,20,24)(H,21,22). The van der Waals surface area contributed by atoms with Crippen molar-refractivity contribution in [3.05, 3.63) is 64.4 Å². The molecule has 0 bridgehead atoms. The minimum absolute atomic E-state index is 0.0929. The molecule has 0 atom stereocenters. The van der Waals surface area contributed by atoms with Crippen molar-refractivity contribution in [3.63, 3.8) is 0 Å². The molecule has 7 heteroatoms. The molecule has 5 nitrogen and oxygen atoms in total. The summed E-state index contributed by atoms with van der Waals surface area (Å²) in [7, 11) is 0. The summed E-state index contributed by atoms with van der Waals surface area (Å²) < 4.78 is 1.27. The maximum atomic E-state index is 11.4. The van der Waals surface area contributed by atoms with Crippen LogP contribution in [0.4, 0.5) is 5.13 Å². The molecule has 2 heterocycles. The number of rotatable bonds is 5. The average molecular weight is 381 g/mol. The number of nitrogens with two attached hydrogens (primary N) is 1. The molecule has 0 radical (unpaired) electrons. The van der Waals surface area contributed by atoms with Gasteiger partial charge in [-0.3, -0.25) is 4.79 Å². The Balaban J connectivity index is 1.51. The van der Waals surface area contributed by atoms with Crippen molar-refractivity contribution in [1.29, 1.82) is 0 Å². The number of fused-ring (bicyclic) bond motifs is 1. The largest absolute Gasteiger partial charge is 0.507 e. The van der Waals surface area contributed by atoms with E-state index in [1.54, 1.807) is 23.5 Å². The molecule has 0 aliphatic carbocycles. The van der Waals surface area contributed by atoms with Crippen LogP contribution in [0.3, 0.4) is 0 Å². The van der Waals surface area contributed by atoms with E-state index in [1.807, 2.05) is 17.5 Å². The molecule has 4 N–H and O–H groups in total. The summed E-state index contributed by atoms with van der Waals surface area (Å²) in [6, 6.07) is 15.2. The van der Waals surface area contributed by atoms with Gasteiger partial charge in [-0.05, 0) is 35.7 Å². The van der Waals surface area contributed by atoms with Crippen LogP contribution >= 0.6 is 22.7 Å². The third kappa shape index (κ3) is 3.26. The molecule has 0 fully saturated rings. The molecule has 1 amide bonds. The van der Waals surface area contributed by atoms with Crippen molar-refractivity contribution < 1.29 is 9.90 Å². The summed E-state index contributed by atoms with van der Waals surface area (Å²) in [6.07, 6.45) is 0. The number of nitrogens with zero attached hydrogens (tertiary/aromatic N) is 1. The van der Waals surface area contributed by atoms with Crippen LogP contribution in [0.25, 0.3) is 21.3 Å². The lowest BCUT2D eigenvalue weighted by molar-refractivity contribution is 0.0998. The van der Waals surface area contributed by atoms with Gasteiger partial charge in [0, 0.05) is 20.5 Å². The number of thiazole rings is 1. The Labute approximate surface area is 157 Å². The number of benzene rings is 2. The van der Waals surface area contributed by atoms with Crippen molar-refractivity contribution in [2.75, 3.05) is 5.32 Å². The number of hydrogen-bond donors (Lipinski definition) is 3. The van der Waals surface area contributed by atoms with Gasteiger partial charge in [-0.25, -0.2) is 4.98 Å². The summed E-state index contributed by atoms with van der Waals surface area (Å²) in [5.74, 6) is -0.790. The number of carbonyl (C=O) groups is 1. The maximum Gasteiger partial charge on any atom is 0.252 e. The van der Waals surface area contributed by atoms with E-state index in [9.17, 15) is 9.90 Å². The van der Waals surface area contributed by atoms with Crippen molar-refractivity contribution in [2.24, 2.45) is 5.73 Å². The summed E-state index contributed by atoms with van der Waals surface area (Å²) in [5, 5.41) is 17.0. The molecule has 0 aliphatic rings. The molecule has 2 aromatic heterocycles. The third-order valence-corrected chi connectivity index (χ3v) is 5.87. The molecule has 0 aliphatic heterocycles. The topological polar surface area (TPSA) is 88.2 Å². The van der Waals surface area contributed by atoms with E-state index in [0.717, 1.165) is 16.4 Å². The Bertz CT molecular complexity index is 1070. The fraction of sp³-hybridized carbons (Fsp3) is 0.0526. The number of carbonyl (C=O) groups excluding carboxylic acids is 1. The highest BCUT2D eigenvalue weighted by molar-refractivity contribution is 7.19. The Morgan fingerprint density at radius 2 is 2.04 bits per heavy atom. The third-order valence-electron chi connectivity index (χ3n) is 3.95. The van der Waals surface area contributed by atoms with E-state index in [0.29, 0.717) is 6.54 Å². The zero-order valence-corrected chi connectivity index (χ0v) is 15.2. The van der Waals surface area contributed by atoms with Crippen LogP contribution in [0.5, 0.6) is 5.75 Å². The van der Waals surface area contributed by atoms with Crippen LogP contribution < -0.4 is 11.1 Å². The summed E-state index contributed by atoms with van der Waals surface area (Å²) in [4.78, 5) is 17.2. The maximum absolute atomic E-state index is 11.4. The second-order valence-corrected chi connectivity index (χ2v) is 7.76. The van der Waals surface area contributed by atoms with Gasteiger partial charge >= 0.3 is 0 Å².